The van der Waals surface area contributed by atoms with Crippen molar-refractivity contribution < 1.29 is 0 Å². The molecule has 0 aromatic heterocycles. The molecular weight excluding hydrogens is 158 g/mol. The maximum Gasteiger partial charge on any atom is 0.00389 e. The zero-order valence-electron chi connectivity index (χ0n) is 9.47. The van der Waals surface area contributed by atoms with Crippen LogP contribution in [0.25, 0.3) is 0 Å². The van der Waals surface area contributed by atoms with Gasteiger partial charge in [0.05, 0.1) is 0 Å². The van der Waals surface area contributed by atoms with E-state index in [2.05, 4.69) is 26.1 Å². The Labute approximate surface area is 83.3 Å². The van der Waals surface area contributed by atoms with E-state index in [1.165, 1.54) is 38.6 Å². The van der Waals surface area contributed by atoms with E-state index in [9.17, 15) is 0 Å². The van der Waals surface area contributed by atoms with Crippen molar-refractivity contribution in [3.05, 3.63) is 0 Å². The topological polar surface area (TPSA) is 12.0 Å². The smallest absolute Gasteiger partial charge is 0.00389 e. The average molecular weight is 183 g/mol. The van der Waals surface area contributed by atoms with Crippen LogP contribution in [0.1, 0.15) is 52.9 Å². The minimum atomic E-state index is 0.762. The fourth-order valence-electron chi connectivity index (χ4n) is 2.35. The van der Waals surface area contributed by atoms with E-state index in [0.29, 0.717) is 0 Å². The fraction of sp³-hybridized carbons (Fsp3) is 1.00. The van der Waals surface area contributed by atoms with Gasteiger partial charge in [-0.25, -0.2) is 0 Å². The number of rotatable bonds is 4. The number of hydrogen-bond acceptors (Lipinski definition) is 1. The Bertz CT molecular complexity index is 121. The van der Waals surface area contributed by atoms with Gasteiger partial charge >= 0.3 is 0 Å². The number of piperidine rings is 1. The van der Waals surface area contributed by atoms with Gasteiger partial charge in [0.25, 0.3) is 0 Å². The molecule has 1 rings (SSSR count). The highest BCUT2D eigenvalue weighted by Gasteiger charge is 2.19. The zero-order chi connectivity index (χ0) is 9.68. The van der Waals surface area contributed by atoms with Crippen LogP contribution in [0.15, 0.2) is 0 Å². The zero-order valence-corrected chi connectivity index (χ0v) is 9.47. The molecule has 1 heterocycles. The minimum Gasteiger partial charge on any atom is -0.314 e. The molecule has 0 saturated carbocycles. The van der Waals surface area contributed by atoms with E-state index in [4.69, 9.17) is 0 Å². The normalized spacial score (nSPS) is 29.5. The van der Waals surface area contributed by atoms with Crippen molar-refractivity contribution >= 4 is 0 Å². The molecule has 1 heteroatoms. The molecule has 78 valence electrons. The molecule has 0 aliphatic carbocycles. The third-order valence-electron chi connectivity index (χ3n) is 3.58. The number of hydrogen-bond donors (Lipinski definition) is 1. The second-order valence-corrected chi connectivity index (χ2v) is 4.67. The highest BCUT2D eigenvalue weighted by molar-refractivity contribution is 4.76. The first kappa shape index (κ1) is 11.0. The molecule has 1 fully saturated rings. The SMILES string of the molecule is CCC(CC)CC1CCC(C)NC1. The van der Waals surface area contributed by atoms with E-state index in [-0.39, 0.29) is 0 Å². The average Bonchev–Trinajstić information content (AvgIpc) is 2.17. The second kappa shape index (κ2) is 5.64. The fourth-order valence-corrected chi connectivity index (χ4v) is 2.35. The molecule has 13 heavy (non-hydrogen) atoms. The third kappa shape index (κ3) is 3.68. The van der Waals surface area contributed by atoms with Crippen LogP contribution in [0.3, 0.4) is 0 Å². The third-order valence-corrected chi connectivity index (χ3v) is 3.58. The Morgan fingerprint density at radius 2 is 1.92 bits per heavy atom. The van der Waals surface area contributed by atoms with Gasteiger partial charge < -0.3 is 5.32 Å². The molecule has 0 spiro atoms. The van der Waals surface area contributed by atoms with Crippen LogP contribution < -0.4 is 5.32 Å². The molecule has 0 aromatic rings. The molecule has 0 amide bonds. The van der Waals surface area contributed by atoms with E-state index in [0.717, 1.165) is 17.9 Å². The van der Waals surface area contributed by atoms with Gasteiger partial charge in [0.2, 0.25) is 0 Å². The van der Waals surface area contributed by atoms with Gasteiger partial charge in [-0.2, -0.15) is 0 Å². The summed E-state index contributed by atoms with van der Waals surface area (Å²) >= 11 is 0. The van der Waals surface area contributed by atoms with Gasteiger partial charge in [-0.15, -0.1) is 0 Å². The minimum absolute atomic E-state index is 0.762. The van der Waals surface area contributed by atoms with Crippen LogP contribution in [0.5, 0.6) is 0 Å². The molecule has 1 aliphatic rings. The van der Waals surface area contributed by atoms with Crippen LogP contribution in [0, 0.1) is 11.8 Å². The van der Waals surface area contributed by atoms with Crippen LogP contribution in [-0.4, -0.2) is 12.6 Å². The largest absolute Gasteiger partial charge is 0.314 e. The quantitative estimate of drug-likeness (QED) is 0.706. The van der Waals surface area contributed by atoms with Crippen LogP contribution in [0.4, 0.5) is 0 Å². The predicted molar refractivity (Wildman–Crippen MR) is 58.9 cm³/mol. The summed E-state index contributed by atoms with van der Waals surface area (Å²) in [6.45, 7) is 8.21. The summed E-state index contributed by atoms with van der Waals surface area (Å²) in [5, 5.41) is 3.59. The van der Waals surface area contributed by atoms with Crippen molar-refractivity contribution in [1.82, 2.24) is 5.32 Å². The van der Waals surface area contributed by atoms with Gasteiger partial charge in [-0.05, 0) is 44.6 Å². The lowest BCUT2D eigenvalue weighted by Gasteiger charge is -2.29. The summed E-state index contributed by atoms with van der Waals surface area (Å²) in [4.78, 5) is 0. The van der Waals surface area contributed by atoms with Gasteiger partial charge in [0, 0.05) is 6.04 Å². The van der Waals surface area contributed by atoms with E-state index in [1.54, 1.807) is 0 Å². The van der Waals surface area contributed by atoms with Gasteiger partial charge in [-0.1, -0.05) is 26.7 Å². The molecule has 0 radical (unpaired) electrons. The molecular formula is C12H25N. The van der Waals surface area contributed by atoms with Crippen LogP contribution in [-0.2, 0) is 0 Å². The van der Waals surface area contributed by atoms with Crippen LogP contribution in [0.2, 0.25) is 0 Å². The Morgan fingerprint density at radius 3 is 2.38 bits per heavy atom. The molecule has 1 N–H and O–H groups in total. The van der Waals surface area contributed by atoms with E-state index < -0.39 is 0 Å². The molecule has 1 saturated heterocycles. The van der Waals surface area contributed by atoms with Crippen molar-refractivity contribution in [2.45, 2.75) is 58.9 Å². The van der Waals surface area contributed by atoms with Crippen molar-refractivity contribution in [3.63, 3.8) is 0 Å². The van der Waals surface area contributed by atoms with Crippen LogP contribution >= 0.6 is 0 Å². The molecule has 0 bridgehead atoms. The van der Waals surface area contributed by atoms with Gasteiger partial charge in [0.1, 0.15) is 0 Å². The van der Waals surface area contributed by atoms with Crippen molar-refractivity contribution in [2.24, 2.45) is 11.8 Å². The Morgan fingerprint density at radius 1 is 1.23 bits per heavy atom. The monoisotopic (exact) mass is 183 g/mol. The Kier molecular flexibility index (Phi) is 4.79. The lowest BCUT2D eigenvalue weighted by molar-refractivity contribution is 0.264. The summed E-state index contributed by atoms with van der Waals surface area (Å²) in [5.74, 6) is 1.93. The van der Waals surface area contributed by atoms with E-state index in [1.807, 2.05) is 0 Å². The van der Waals surface area contributed by atoms with Crippen molar-refractivity contribution in [3.8, 4) is 0 Å². The first-order valence-electron chi connectivity index (χ1n) is 5.99. The first-order valence-corrected chi connectivity index (χ1v) is 5.99. The Balaban J connectivity index is 2.21. The van der Waals surface area contributed by atoms with E-state index >= 15 is 0 Å². The molecule has 0 aromatic carbocycles. The summed E-state index contributed by atoms with van der Waals surface area (Å²) in [6.07, 6.45) is 7.01. The first-order chi connectivity index (χ1) is 6.26. The maximum absolute atomic E-state index is 3.59. The molecule has 1 aliphatic heterocycles. The molecule has 2 atom stereocenters. The lowest BCUT2D eigenvalue weighted by Crippen LogP contribution is -2.37. The predicted octanol–water partition coefficient (Wildman–Crippen LogP) is 3.20. The summed E-state index contributed by atoms with van der Waals surface area (Å²) in [5.41, 5.74) is 0. The standard InChI is InChI=1S/C12H25N/c1-4-11(5-2)8-12-7-6-10(3)13-9-12/h10-13H,4-9H2,1-3H3. The van der Waals surface area contributed by atoms with Crippen molar-refractivity contribution in [1.29, 1.82) is 0 Å². The van der Waals surface area contributed by atoms with Gasteiger partial charge in [0.15, 0.2) is 0 Å². The lowest BCUT2D eigenvalue weighted by atomic mass is 9.85. The second-order valence-electron chi connectivity index (χ2n) is 4.67. The highest BCUT2D eigenvalue weighted by atomic mass is 14.9. The van der Waals surface area contributed by atoms with Crippen molar-refractivity contribution in [2.75, 3.05) is 6.54 Å². The maximum atomic E-state index is 3.59. The highest BCUT2D eigenvalue weighted by Crippen LogP contribution is 2.24. The molecule has 1 nitrogen and oxygen atoms in total. The van der Waals surface area contributed by atoms with Gasteiger partial charge in [-0.3, -0.25) is 0 Å². The summed E-state index contributed by atoms with van der Waals surface area (Å²) < 4.78 is 0. The number of nitrogens with one attached hydrogen (secondary N) is 1. The Hall–Kier alpha value is -0.0400. The summed E-state index contributed by atoms with van der Waals surface area (Å²) in [7, 11) is 0. The summed E-state index contributed by atoms with van der Waals surface area (Å²) in [6, 6.07) is 0.762. The molecule has 2 unspecified atom stereocenters.